The maximum atomic E-state index is 12.9. The smallest absolute Gasteiger partial charge is 0.416 e. The second-order valence-corrected chi connectivity index (χ2v) is 8.34. The first-order chi connectivity index (χ1) is 16.8. The molecule has 0 aliphatic carbocycles. The summed E-state index contributed by atoms with van der Waals surface area (Å²) < 4.78 is 44.5. The van der Waals surface area contributed by atoms with E-state index in [1.54, 1.807) is 24.4 Å². The van der Waals surface area contributed by atoms with E-state index in [1.165, 1.54) is 11.0 Å². The van der Waals surface area contributed by atoms with E-state index in [1.807, 2.05) is 30.3 Å². The van der Waals surface area contributed by atoms with Gasteiger partial charge in [-0.1, -0.05) is 30.3 Å². The van der Waals surface area contributed by atoms with E-state index >= 15 is 0 Å². The normalized spacial score (nSPS) is 15.8. The molecule has 1 atom stereocenters. The van der Waals surface area contributed by atoms with Crippen LogP contribution >= 0.6 is 0 Å². The molecule has 1 aliphatic heterocycles. The number of carbonyl (C=O) groups excluding carboxylic acids is 2. The Bertz CT molecular complexity index is 1170. The zero-order valence-corrected chi connectivity index (χ0v) is 18.8. The van der Waals surface area contributed by atoms with E-state index in [0.29, 0.717) is 17.9 Å². The molecule has 1 N–H and O–H groups in total. The Balaban J connectivity index is 1.25. The number of ether oxygens (including phenoxy) is 1. The largest absolute Gasteiger partial charge is 0.487 e. The van der Waals surface area contributed by atoms with Crippen LogP contribution in [0.1, 0.15) is 28.8 Å². The molecule has 182 valence electrons. The Morgan fingerprint density at radius 1 is 1.06 bits per heavy atom. The van der Waals surface area contributed by atoms with Gasteiger partial charge in [-0.2, -0.15) is 13.2 Å². The summed E-state index contributed by atoms with van der Waals surface area (Å²) in [7, 11) is 0. The summed E-state index contributed by atoms with van der Waals surface area (Å²) in [5.41, 5.74) is 1.30. The number of benzene rings is 2. The van der Waals surface area contributed by atoms with Crippen molar-refractivity contribution >= 4 is 11.8 Å². The maximum Gasteiger partial charge on any atom is 0.416 e. The van der Waals surface area contributed by atoms with Crippen molar-refractivity contribution in [2.75, 3.05) is 6.54 Å². The van der Waals surface area contributed by atoms with Crippen LogP contribution in [0.15, 0.2) is 72.9 Å². The van der Waals surface area contributed by atoms with Crippen LogP contribution in [-0.4, -0.2) is 28.2 Å². The third-order valence-electron chi connectivity index (χ3n) is 5.72. The molecule has 3 aromatic rings. The summed E-state index contributed by atoms with van der Waals surface area (Å²) in [6, 6.07) is 17.8. The van der Waals surface area contributed by atoms with Crippen LogP contribution in [0.4, 0.5) is 13.2 Å². The standard InChI is InChI=1S/C26H24F3N3O3/c27-26(28,29)21-5-3-4-19(12-21)15-32-16-20(13-24(32)33)25(34)31-14-18-7-9-23(10-8-18)35-17-22-6-1-2-11-30-22/h1-12,20H,13-17H2,(H,31,34). The van der Waals surface area contributed by atoms with E-state index in [2.05, 4.69) is 10.3 Å². The molecule has 0 saturated carbocycles. The van der Waals surface area contributed by atoms with Crippen molar-refractivity contribution in [1.29, 1.82) is 0 Å². The predicted octanol–water partition coefficient (Wildman–Crippen LogP) is 4.34. The van der Waals surface area contributed by atoms with Crippen molar-refractivity contribution in [3.05, 3.63) is 95.3 Å². The minimum absolute atomic E-state index is 0.0328. The van der Waals surface area contributed by atoms with Crippen molar-refractivity contribution in [3.8, 4) is 5.75 Å². The van der Waals surface area contributed by atoms with Gasteiger partial charge in [-0.15, -0.1) is 0 Å². The summed E-state index contributed by atoms with van der Waals surface area (Å²) in [6.45, 7) is 0.842. The number of rotatable bonds is 8. The lowest BCUT2D eigenvalue weighted by Gasteiger charge is -2.18. The SMILES string of the molecule is O=C(NCc1ccc(OCc2ccccn2)cc1)C1CC(=O)N(Cc2cccc(C(F)(F)F)c2)C1. The molecule has 0 radical (unpaired) electrons. The Labute approximate surface area is 200 Å². The van der Waals surface area contributed by atoms with E-state index < -0.39 is 17.7 Å². The van der Waals surface area contributed by atoms with Crippen LogP contribution in [0.25, 0.3) is 0 Å². The number of nitrogens with zero attached hydrogens (tertiary/aromatic N) is 2. The van der Waals surface area contributed by atoms with Crippen LogP contribution in [-0.2, 0) is 35.5 Å². The Morgan fingerprint density at radius 2 is 1.86 bits per heavy atom. The summed E-state index contributed by atoms with van der Waals surface area (Å²) >= 11 is 0. The number of nitrogens with one attached hydrogen (secondary N) is 1. The number of hydrogen-bond donors (Lipinski definition) is 1. The van der Waals surface area contributed by atoms with Gasteiger partial charge in [0.25, 0.3) is 0 Å². The molecule has 1 unspecified atom stereocenters. The first kappa shape index (κ1) is 24.3. The molecule has 1 aliphatic rings. The van der Waals surface area contributed by atoms with Crippen molar-refractivity contribution in [2.24, 2.45) is 5.92 Å². The molecule has 1 saturated heterocycles. The summed E-state index contributed by atoms with van der Waals surface area (Å²) in [4.78, 5) is 30.6. The highest BCUT2D eigenvalue weighted by molar-refractivity contribution is 5.89. The molecule has 1 aromatic heterocycles. The van der Waals surface area contributed by atoms with Gasteiger partial charge in [0, 0.05) is 32.3 Å². The Morgan fingerprint density at radius 3 is 2.57 bits per heavy atom. The van der Waals surface area contributed by atoms with Crippen LogP contribution in [0, 0.1) is 5.92 Å². The first-order valence-electron chi connectivity index (χ1n) is 11.1. The quantitative estimate of drug-likeness (QED) is 0.517. The van der Waals surface area contributed by atoms with Gasteiger partial charge in [-0.3, -0.25) is 14.6 Å². The number of halogens is 3. The number of likely N-dealkylation sites (tertiary alicyclic amines) is 1. The highest BCUT2D eigenvalue weighted by Crippen LogP contribution is 2.30. The molecule has 0 spiro atoms. The molecule has 35 heavy (non-hydrogen) atoms. The summed E-state index contributed by atoms with van der Waals surface area (Å²) in [5.74, 6) is -0.385. The number of aromatic nitrogens is 1. The van der Waals surface area contributed by atoms with Gasteiger partial charge in [-0.25, -0.2) is 0 Å². The van der Waals surface area contributed by atoms with Crippen molar-refractivity contribution in [2.45, 2.75) is 32.3 Å². The van der Waals surface area contributed by atoms with Gasteiger partial charge < -0.3 is 15.0 Å². The van der Waals surface area contributed by atoms with E-state index in [4.69, 9.17) is 4.74 Å². The molecule has 4 rings (SSSR count). The van der Waals surface area contributed by atoms with Gasteiger partial charge >= 0.3 is 6.18 Å². The molecule has 2 aromatic carbocycles. The molecule has 0 bridgehead atoms. The molecular weight excluding hydrogens is 459 g/mol. The minimum Gasteiger partial charge on any atom is -0.487 e. The Hall–Kier alpha value is -3.88. The summed E-state index contributed by atoms with van der Waals surface area (Å²) in [5, 5.41) is 2.83. The molecule has 9 heteroatoms. The fourth-order valence-electron chi connectivity index (χ4n) is 3.84. The second-order valence-electron chi connectivity index (χ2n) is 8.34. The van der Waals surface area contributed by atoms with Gasteiger partial charge in [0.05, 0.1) is 17.2 Å². The highest BCUT2D eigenvalue weighted by atomic mass is 19.4. The molecule has 2 amide bonds. The number of alkyl halides is 3. The average Bonchev–Trinajstić information content (AvgIpc) is 3.22. The Kier molecular flexibility index (Phi) is 7.33. The van der Waals surface area contributed by atoms with Crippen LogP contribution in [0.3, 0.4) is 0 Å². The lowest BCUT2D eigenvalue weighted by atomic mass is 10.1. The van der Waals surface area contributed by atoms with Gasteiger partial charge in [0.2, 0.25) is 11.8 Å². The topological polar surface area (TPSA) is 71.5 Å². The molecule has 2 heterocycles. The highest BCUT2D eigenvalue weighted by Gasteiger charge is 2.35. The van der Waals surface area contributed by atoms with Gasteiger partial charge in [-0.05, 0) is 47.5 Å². The van der Waals surface area contributed by atoms with E-state index in [9.17, 15) is 22.8 Å². The number of hydrogen-bond acceptors (Lipinski definition) is 4. The summed E-state index contributed by atoms with van der Waals surface area (Å²) in [6.07, 6.45) is -2.71. The third kappa shape index (κ3) is 6.59. The minimum atomic E-state index is -4.45. The number of amides is 2. The van der Waals surface area contributed by atoms with E-state index in [-0.39, 0.29) is 37.9 Å². The molecule has 1 fully saturated rings. The fraction of sp³-hybridized carbons (Fsp3) is 0.269. The van der Waals surface area contributed by atoms with Crippen molar-refractivity contribution in [3.63, 3.8) is 0 Å². The van der Waals surface area contributed by atoms with Crippen LogP contribution in [0.5, 0.6) is 5.75 Å². The predicted molar refractivity (Wildman–Crippen MR) is 122 cm³/mol. The molecular formula is C26H24F3N3O3. The van der Waals surface area contributed by atoms with Gasteiger partial charge in [0.15, 0.2) is 0 Å². The fourth-order valence-corrected chi connectivity index (χ4v) is 3.84. The van der Waals surface area contributed by atoms with Gasteiger partial charge in [0.1, 0.15) is 12.4 Å². The third-order valence-corrected chi connectivity index (χ3v) is 5.72. The number of pyridine rings is 1. The maximum absolute atomic E-state index is 12.9. The van der Waals surface area contributed by atoms with Crippen LogP contribution < -0.4 is 10.1 Å². The van der Waals surface area contributed by atoms with Crippen molar-refractivity contribution in [1.82, 2.24) is 15.2 Å². The molecule has 6 nitrogen and oxygen atoms in total. The zero-order valence-electron chi connectivity index (χ0n) is 18.8. The van der Waals surface area contributed by atoms with E-state index in [0.717, 1.165) is 23.4 Å². The lowest BCUT2D eigenvalue weighted by Crippen LogP contribution is -2.32. The second kappa shape index (κ2) is 10.6. The average molecular weight is 483 g/mol. The lowest BCUT2D eigenvalue weighted by molar-refractivity contribution is -0.137. The monoisotopic (exact) mass is 483 g/mol. The van der Waals surface area contributed by atoms with Crippen LogP contribution in [0.2, 0.25) is 0 Å². The van der Waals surface area contributed by atoms with Crippen molar-refractivity contribution < 1.29 is 27.5 Å². The zero-order chi connectivity index (χ0) is 24.8. The first-order valence-corrected chi connectivity index (χ1v) is 11.1. The number of carbonyl (C=O) groups is 2.